The van der Waals surface area contributed by atoms with Gasteiger partial charge in [0.25, 0.3) is 0 Å². The molecule has 0 aliphatic carbocycles. The van der Waals surface area contributed by atoms with Crippen LogP contribution in [0.5, 0.6) is 0 Å². The van der Waals surface area contributed by atoms with Crippen molar-refractivity contribution in [2.24, 2.45) is 10.4 Å². The molecule has 6 heteroatoms. The Morgan fingerprint density at radius 3 is 3.13 bits per heavy atom. The van der Waals surface area contributed by atoms with Crippen LogP contribution in [0.1, 0.15) is 45.2 Å². The number of nitrogens with one attached hydrogen (secondary N) is 1. The van der Waals surface area contributed by atoms with Crippen molar-refractivity contribution in [2.75, 3.05) is 20.1 Å². The third-order valence-electron chi connectivity index (χ3n) is 4.72. The first-order valence-electron chi connectivity index (χ1n) is 8.50. The van der Waals surface area contributed by atoms with E-state index in [1.807, 2.05) is 13.2 Å². The minimum absolute atomic E-state index is 0.418. The first kappa shape index (κ1) is 16.3. The molecular weight excluding hydrogens is 306 g/mol. The van der Waals surface area contributed by atoms with Crippen LogP contribution in [0.2, 0.25) is 0 Å². The number of likely N-dealkylation sites (tertiary alicyclic amines) is 1. The molecule has 2 aromatic rings. The number of nitrogens with zero attached hydrogens (tertiary/aromatic N) is 4. The van der Waals surface area contributed by atoms with Crippen molar-refractivity contribution < 1.29 is 0 Å². The molecule has 1 N–H and O–H groups in total. The molecular formula is C17H27N5S. The number of guanidine groups is 1. The Bertz CT molecular complexity index is 641. The molecule has 0 aromatic carbocycles. The lowest BCUT2D eigenvalue weighted by Crippen LogP contribution is -2.49. The molecule has 0 amide bonds. The molecule has 3 heterocycles. The molecule has 1 atom stereocenters. The minimum Gasteiger partial charge on any atom is -0.351 e. The molecule has 3 rings (SSSR count). The van der Waals surface area contributed by atoms with E-state index in [2.05, 4.69) is 50.0 Å². The summed E-state index contributed by atoms with van der Waals surface area (Å²) in [6.45, 7) is 7.61. The van der Waals surface area contributed by atoms with Gasteiger partial charge >= 0.3 is 0 Å². The second kappa shape index (κ2) is 6.91. The van der Waals surface area contributed by atoms with Gasteiger partial charge in [-0.3, -0.25) is 9.39 Å². The van der Waals surface area contributed by atoms with Crippen molar-refractivity contribution in [3.8, 4) is 0 Å². The molecule has 0 bridgehead atoms. The number of hydrogen-bond acceptors (Lipinski definition) is 3. The maximum Gasteiger partial charge on any atom is 0.193 e. The van der Waals surface area contributed by atoms with E-state index in [9.17, 15) is 0 Å². The summed E-state index contributed by atoms with van der Waals surface area (Å²) in [6, 6.07) is 0. The van der Waals surface area contributed by atoms with Gasteiger partial charge in [0.1, 0.15) is 0 Å². The average molecular weight is 334 g/mol. The molecule has 2 aromatic heterocycles. The van der Waals surface area contributed by atoms with Crippen LogP contribution in [0.4, 0.5) is 0 Å². The van der Waals surface area contributed by atoms with Crippen LogP contribution < -0.4 is 5.32 Å². The zero-order chi connectivity index (χ0) is 16.3. The lowest BCUT2D eigenvalue weighted by molar-refractivity contribution is 0.142. The van der Waals surface area contributed by atoms with Gasteiger partial charge in [-0.1, -0.05) is 20.3 Å². The molecule has 0 saturated carbocycles. The summed E-state index contributed by atoms with van der Waals surface area (Å²) >= 11 is 1.66. The van der Waals surface area contributed by atoms with Crippen LogP contribution in [0, 0.1) is 5.41 Å². The molecule has 23 heavy (non-hydrogen) atoms. The summed E-state index contributed by atoms with van der Waals surface area (Å²) in [4.78, 5) is 12.6. The van der Waals surface area contributed by atoms with Gasteiger partial charge in [0.05, 0.1) is 12.2 Å². The standard InChI is InChI=1S/C17H27N5S/c1-4-6-17(2)7-5-8-22(13-17)15(18-3)19-11-14-12-21-9-10-23-16(21)20-14/h9-10,12H,4-8,11,13H2,1-3H3,(H,18,19). The van der Waals surface area contributed by atoms with Gasteiger partial charge < -0.3 is 10.2 Å². The van der Waals surface area contributed by atoms with Gasteiger partial charge in [-0.15, -0.1) is 11.3 Å². The van der Waals surface area contributed by atoms with Gasteiger partial charge in [0.2, 0.25) is 0 Å². The summed E-state index contributed by atoms with van der Waals surface area (Å²) < 4.78 is 2.07. The van der Waals surface area contributed by atoms with Gasteiger partial charge in [-0.2, -0.15) is 0 Å². The fraction of sp³-hybridized carbons (Fsp3) is 0.647. The van der Waals surface area contributed by atoms with E-state index in [1.54, 1.807) is 11.3 Å². The predicted octanol–water partition coefficient (Wildman–Crippen LogP) is 3.37. The van der Waals surface area contributed by atoms with Crippen LogP contribution in [0.25, 0.3) is 4.96 Å². The molecule has 1 aliphatic heterocycles. The fourth-order valence-electron chi connectivity index (χ4n) is 3.67. The van der Waals surface area contributed by atoms with Gasteiger partial charge in [0, 0.05) is 37.9 Å². The fourth-order valence-corrected chi connectivity index (χ4v) is 4.39. The Labute approximate surface area is 142 Å². The van der Waals surface area contributed by atoms with Gasteiger partial charge in [0.15, 0.2) is 10.9 Å². The summed E-state index contributed by atoms with van der Waals surface area (Å²) in [6.07, 6.45) is 9.25. The second-order valence-corrected chi connectivity index (χ2v) is 7.68. The topological polar surface area (TPSA) is 44.9 Å². The van der Waals surface area contributed by atoms with Crippen LogP contribution in [-0.4, -0.2) is 40.4 Å². The first-order valence-corrected chi connectivity index (χ1v) is 9.38. The summed E-state index contributed by atoms with van der Waals surface area (Å²) in [5, 5.41) is 5.55. The smallest absolute Gasteiger partial charge is 0.193 e. The van der Waals surface area contributed by atoms with Crippen molar-refractivity contribution in [1.82, 2.24) is 19.6 Å². The molecule has 126 valence electrons. The zero-order valence-electron chi connectivity index (χ0n) is 14.4. The van der Waals surface area contributed by atoms with Crippen LogP contribution >= 0.6 is 11.3 Å². The number of thiazole rings is 1. The van der Waals surface area contributed by atoms with Crippen LogP contribution in [0.3, 0.4) is 0 Å². The maximum absolute atomic E-state index is 4.63. The third-order valence-corrected chi connectivity index (χ3v) is 5.49. The highest BCUT2D eigenvalue weighted by molar-refractivity contribution is 7.15. The van der Waals surface area contributed by atoms with Gasteiger partial charge in [-0.05, 0) is 24.7 Å². The van der Waals surface area contributed by atoms with E-state index in [0.717, 1.165) is 36.2 Å². The molecule has 1 fully saturated rings. The monoisotopic (exact) mass is 333 g/mol. The summed E-state index contributed by atoms with van der Waals surface area (Å²) in [5.41, 5.74) is 1.48. The highest BCUT2D eigenvalue weighted by atomic mass is 32.1. The zero-order valence-corrected chi connectivity index (χ0v) is 15.2. The number of rotatable bonds is 4. The SMILES string of the molecule is CCCC1(C)CCCN(C(=NC)NCc2cn3ccsc3n2)C1. The Balaban J connectivity index is 1.62. The van der Waals surface area contributed by atoms with E-state index < -0.39 is 0 Å². The van der Waals surface area contributed by atoms with E-state index in [0.29, 0.717) is 5.41 Å². The van der Waals surface area contributed by atoms with Crippen molar-refractivity contribution in [1.29, 1.82) is 0 Å². The van der Waals surface area contributed by atoms with Crippen molar-refractivity contribution in [3.63, 3.8) is 0 Å². The Hall–Kier alpha value is -1.56. The number of aliphatic imine (C=N–C) groups is 1. The third kappa shape index (κ3) is 3.68. The molecule has 1 saturated heterocycles. The Morgan fingerprint density at radius 1 is 1.52 bits per heavy atom. The lowest BCUT2D eigenvalue weighted by atomic mass is 9.78. The van der Waals surface area contributed by atoms with Crippen molar-refractivity contribution in [2.45, 2.75) is 46.1 Å². The summed E-state index contributed by atoms with van der Waals surface area (Å²) in [5.74, 6) is 1.00. The molecule has 0 spiro atoms. The molecule has 0 radical (unpaired) electrons. The number of piperidine rings is 1. The number of fused-ring (bicyclic) bond motifs is 1. The van der Waals surface area contributed by atoms with Crippen LogP contribution in [-0.2, 0) is 6.54 Å². The van der Waals surface area contributed by atoms with Gasteiger partial charge in [-0.25, -0.2) is 4.98 Å². The summed E-state index contributed by atoms with van der Waals surface area (Å²) in [7, 11) is 1.87. The number of imidazole rings is 1. The number of hydrogen-bond donors (Lipinski definition) is 1. The van der Waals surface area contributed by atoms with E-state index in [-0.39, 0.29) is 0 Å². The molecule has 1 unspecified atom stereocenters. The highest BCUT2D eigenvalue weighted by Crippen LogP contribution is 2.33. The van der Waals surface area contributed by atoms with E-state index in [4.69, 9.17) is 0 Å². The van der Waals surface area contributed by atoms with E-state index >= 15 is 0 Å². The molecule has 5 nitrogen and oxygen atoms in total. The second-order valence-electron chi connectivity index (χ2n) is 6.81. The molecule has 1 aliphatic rings. The first-order chi connectivity index (χ1) is 11.1. The quantitative estimate of drug-likeness (QED) is 0.689. The van der Waals surface area contributed by atoms with Crippen molar-refractivity contribution in [3.05, 3.63) is 23.5 Å². The predicted molar refractivity (Wildman–Crippen MR) is 97.1 cm³/mol. The Morgan fingerprint density at radius 2 is 2.39 bits per heavy atom. The maximum atomic E-state index is 4.63. The number of aromatic nitrogens is 2. The lowest BCUT2D eigenvalue weighted by Gasteiger charge is -2.42. The van der Waals surface area contributed by atoms with Crippen LogP contribution in [0.15, 0.2) is 22.8 Å². The largest absolute Gasteiger partial charge is 0.351 e. The van der Waals surface area contributed by atoms with Crippen molar-refractivity contribution >= 4 is 22.3 Å². The van der Waals surface area contributed by atoms with E-state index in [1.165, 1.54) is 25.7 Å². The normalized spacial score (nSPS) is 22.7. The Kier molecular flexibility index (Phi) is 4.90. The average Bonchev–Trinajstić information content (AvgIpc) is 3.09. The highest BCUT2D eigenvalue weighted by Gasteiger charge is 2.31. The minimum atomic E-state index is 0.418.